The van der Waals surface area contributed by atoms with Crippen LogP contribution in [0.2, 0.25) is 0 Å². The lowest BCUT2D eigenvalue weighted by Gasteiger charge is -2.11. The van der Waals surface area contributed by atoms with Crippen LogP contribution in [0.1, 0.15) is 11.1 Å². The SMILES string of the molecule is C=CCn1c(SCC(=O)Nc2cccc(C)c2C)nnc1-c1ccc2c(c1)OCO2. The van der Waals surface area contributed by atoms with Crippen molar-refractivity contribution in [2.75, 3.05) is 17.9 Å². The number of rotatable bonds is 7. The van der Waals surface area contributed by atoms with Crippen LogP contribution in [0, 0.1) is 13.8 Å². The number of hydrogen-bond acceptors (Lipinski definition) is 6. The second-order valence-corrected chi connectivity index (χ2v) is 7.80. The summed E-state index contributed by atoms with van der Waals surface area (Å²) < 4.78 is 12.8. The molecule has 0 radical (unpaired) electrons. The van der Waals surface area contributed by atoms with Crippen molar-refractivity contribution in [3.63, 3.8) is 0 Å². The number of fused-ring (bicyclic) bond motifs is 1. The fraction of sp³-hybridized carbons (Fsp3) is 0.227. The first kappa shape index (κ1) is 20.0. The van der Waals surface area contributed by atoms with Gasteiger partial charge in [0.15, 0.2) is 22.5 Å². The number of aromatic nitrogens is 3. The molecule has 0 bridgehead atoms. The Hall–Kier alpha value is -3.26. The van der Waals surface area contributed by atoms with E-state index in [0.717, 1.165) is 22.4 Å². The minimum absolute atomic E-state index is 0.0912. The summed E-state index contributed by atoms with van der Waals surface area (Å²) in [5.41, 5.74) is 3.89. The van der Waals surface area contributed by atoms with E-state index in [4.69, 9.17) is 9.47 Å². The van der Waals surface area contributed by atoms with Gasteiger partial charge in [0.25, 0.3) is 0 Å². The van der Waals surface area contributed by atoms with Gasteiger partial charge >= 0.3 is 0 Å². The van der Waals surface area contributed by atoms with E-state index >= 15 is 0 Å². The molecular weight excluding hydrogens is 400 g/mol. The number of allylic oxidation sites excluding steroid dienone is 1. The smallest absolute Gasteiger partial charge is 0.234 e. The van der Waals surface area contributed by atoms with Gasteiger partial charge in [0.05, 0.1) is 5.75 Å². The molecule has 0 spiro atoms. The van der Waals surface area contributed by atoms with Gasteiger partial charge in [-0.2, -0.15) is 0 Å². The van der Waals surface area contributed by atoms with Gasteiger partial charge in [-0.15, -0.1) is 16.8 Å². The summed E-state index contributed by atoms with van der Waals surface area (Å²) in [6, 6.07) is 11.5. The minimum atomic E-state index is -0.0912. The van der Waals surface area contributed by atoms with Crippen molar-refractivity contribution in [2.45, 2.75) is 25.5 Å². The molecule has 2 heterocycles. The zero-order chi connectivity index (χ0) is 21.1. The van der Waals surface area contributed by atoms with Gasteiger partial charge in [-0.3, -0.25) is 9.36 Å². The van der Waals surface area contributed by atoms with E-state index in [-0.39, 0.29) is 18.5 Å². The predicted octanol–water partition coefficient (Wildman–Crippen LogP) is 4.21. The van der Waals surface area contributed by atoms with Crippen LogP contribution in [0.5, 0.6) is 11.5 Å². The van der Waals surface area contributed by atoms with Crippen molar-refractivity contribution < 1.29 is 14.3 Å². The third-order valence-electron chi connectivity index (χ3n) is 4.87. The fourth-order valence-electron chi connectivity index (χ4n) is 3.14. The zero-order valence-electron chi connectivity index (χ0n) is 16.8. The number of nitrogens with one attached hydrogen (secondary N) is 1. The molecule has 4 rings (SSSR count). The maximum atomic E-state index is 12.5. The number of carbonyl (C=O) groups excluding carboxylic acids is 1. The molecule has 7 nitrogen and oxygen atoms in total. The molecule has 1 N–H and O–H groups in total. The van der Waals surface area contributed by atoms with E-state index < -0.39 is 0 Å². The number of hydrogen-bond donors (Lipinski definition) is 1. The predicted molar refractivity (Wildman–Crippen MR) is 117 cm³/mol. The largest absolute Gasteiger partial charge is 0.454 e. The summed E-state index contributed by atoms with van der Waals surface area (Å²) in [6.07, 6.45) is 1.78. The average Bonchev–Trinajstić information content (AvgIpc) is 3.36. The summed E-state index contributed by atoms with van der Waals surface area (Å²) in [5, 5.41) is 12.2. The van der Waals surface area contributed by atoms with Gasteiger partial charge in [-0.25, -0.2) is 0 Å². The molecule has 1 aliphatic rings. The summed E-state index contributed by atoms with van der Waals surface area (Å²) in [6.45, 7) is 8.59. The van der Waals surface area contributed by atoms with Crippen molar-refractivity contribution in [1.82, 2.24) is 14.8 Å². The molecule has 0 saturated carbocycles. The Morgan fingerprint density at radius 1 is 1.23 bits per heavy atom. The topological polar surface area (TPSA) is 78.3 Å². The molecule has 30 heavy (non-hydrogen) atoms. The highest BCUT2D eigenvalue weighted by Crippen LogP contribution is 2.36. The Kier molecular flexibility index (Phi) is 5.76. The van der Waals surface area contributed by atoms with E-state index in [1.54, 1.807) is 6.08 Å². The lowest BCUT2D eigenvalue weighted by molar-refractivity contribution is -0.113. The van der Waals surface area contributed by atoms with Crippen LogP contribution in [0.4, 0.5) is 5.69 Å². The van der Waals surface area contributed by atoms with Crippen LogP contribution in [0.25, 0.3) is 11.4 Å². The van der Waals surface area contributed by atoms with Crippen molar-refractivity contribution >= 4 is 23.4 Å². The quantitative estimate of drug-likeness (QED) is 0.454. The molecule has 0 fully saturated rings. The van der Waals surface area contributed by atoms with Crippen LogP contribution in [-0.2, 0) is 11.3 Å². The first-order valence-electron chi connectivity index (χ1n) is 9.50. The summed E-state index contributed by atoms with van der Waals surface area (Å²) >= 11 is 1.34. The van der Waals surface area contributed by atoms with E-state index in [1.165, 1.54) is 11.8 Å². The van der Waals surface area contributed by atoms with Crippen LogP contribution in [0.3, 0.4) is 0 Å². The Balaban J connectivity index is 1.50. The highest BCUT2D eigenvalue weighted by atomic mass is 32.2. The van der Waals surface area contributed by atoms with E-state index in [0.29, 0.717) is 29.0 Å². The molecule has 0 atom stereocenters. The maximum Gasteiger partial charge on any atom is 0.234 e. The molecule has 0 aliphatic carbocycles. The van der Waals surface area contributed by atoms with Crippen LogP contribution in [0.15, 0.2) is 54.2 Å². The van der Waals surface area contributed by atoms with Gasteiger partial charge in [0.2, 0.25) is 12.7 Å². The molecule has 3 aromatic rings. The maximum absolute atomic E-state index is 12.5. The molecule has 1 amide bonds. The molecule has 0 saturated heterocycles. The first-order valence-corrected chi connectivity index (χ1v) is 10.5. The number of anilines is 1. The van der Waals surface area contributed by atoms with Crippen molar-refractivity contribution in [3.8, 4) is 22.9 Å². The van der Waals surface area contributed by atoms with Crippen molar-refractivity contribution in [2.24, 2.45) is 0 Å². The summed E-state index contributed by atoms with van der Waals surface area (Å²) in [5.74, 6) is 2.22. The van der Waals surface area contributed by atoms with E-state index in [1.807, 2.05) is 54.8 Å². The molecule has 0 unspecified atom stereocenters. The lowest BCUT2D eigenvalue weighted by atomic mass is 10.1. The number of amides is 1. The highest BCUT2D eigenvalue weighted by Gasteiger charge is 2.19. The number of nitrogens with zero attached hydrogens (tertiary/aromatic N) is 3. The number of carbonyl (C=O) groups is 1. The average molecular weight is 423 g/mol. The Labute approximate surface area is 179 Å². The Morgan fingerprint density at radius 2 is 2.07 bits per heavy atom. The first-order chi connectivity index (χ1) is 14.6. The van der Waals surface area contributed by atoms with Crippen LogP contribution in [-0.4, -0.2) is 33.2 Å². The molecule has 1 aliphatic heterocycles. The van der Waals surface area contributed by atoms with Crippen molar-refractivity contribution in [1.29, 1.82) is 0 Å². The van der Waals surface area contributed by atoms with Crippen LogP contribution >= 0.6 is 11.8 Å². The van der Waals surface area contributed by atoms with Gasteiger partial charge in [-0.1, -0.05) is 30.0 Å². The standard InChI is InChI=1S/C22H22N4O3S/c1-4-10-26-21(16-8-9-18-19(11-16)29-13-28-18)24-25-22(26)30-12-20(27)23-17-7-5-6-14(2)15(17)3/h4-9,11H,1,10,12-13H2,2-3H3,(H,23,27). The highest BCUT2D eigenvalue weighted by molar-refractivity contribution is 7.99. The fourth-order valence-corrected chi connectivity index (χ4v) is 3.89. The number of benzene rings is 2. The Bertz CT molecular complexity index is 1110. The lowest BCUT2D eigenvalue weighted by Crippen LogP contribution is -2.15. The molecule has 2 aromatic carbocycles. The van der Waals surface area contributed by atoms with Crippen LogP contribution < -0.4 is 14.8 Å². The number of thioether (sulfide) groups is 1. The van der Waals surface area contributed by atoms with Gasteiger partial charge in [0.1, 0.15) is 0 Å². The third-order valence-corrected chi connectivity index (χ3v) is 5.84. The third kappa shape index (κ3) is 4.04. The second kappa shape index (κ2) is 8.62. The van der Waals surface area contributed by atoms with Crippen molar-refractivity contribution in [3.05, 3.63) is 60.2 Å². The van der Waals surface area contributed by atoms with Gasteiger partial charge in [-0.05, 0) is 49.2 Å². The normalized spacial score (nSPS) is 12.1. The van der Waals surface area contributed by atoms with E-state index in [9.17, 15) is 4.79 Å². The van der Waals surface area contributed by atoms with Gasteiger partial charge in [0, 0.05) is 17.8 Å². The Morgan fingerprint density at radius 3 is 2.90 bits per heavy atom. The number of ether oxygens (including phenoxy) is 2. The molecular formula is C22H22N4O3S. The monoisotopic (exact) mass is 422 g/mol. The molecule has 1 aromatic heterocycles. The van der Waals surface area contributed by atoms with E-state index in [2.05, 4.69) is 22.1 Å². The summed E-state index contributed by atoms with van der Waals surface area (Å²) in [4.78, 5) is 12.5. The molecule has 154 valence electrons. The summed E-state index contributed by atoms with van der Waals surface area (Å²) in [7, 11) is 0. The molecule has 8 heteroatoms. The zero-order valence-corrected chi connectivity index (χ0v) is 17.7. The van der Waals surface area contributed by atoms with Gasteiger partial charge < -0.3 is 14.8 Å². The number of aryl methyl sites for hydroxylation is 1. The second-order valence-electron chi connectivity index (χ2n) is 6.86. The minimum Gasteiger partial charge on any atom is -0.454 e.